The summed E-state index contributed by atoms with van der Waals surface area (Å²) in [6.45, 7) is -0.0710. The third-order valence-electron chi connectivity index (χ3n) is 3.09. The molecule has 5 nitrogen and oxygen atoms in total. The van der Waals surface area contributed by atoms with Gasteiger partial charge in [0, 0.05) is 16.6 Å². The van der Waals surface area contributed by atoms with E-state index in [4.69, 9.17) is 5.11 Å². The highest BCUT2D eigenvalue weighted by molar-refractivity contribution is 9.10. The normalized spacial score (nSPS) is 11.0. The number of nitrogens with one attached hydrogen (secondary N) is 2. The van der Waals surface area contributed by atoms with E-state index in [-0.39, 0.29) is 24.8 Å². The van der Waals surface area contributed by atoms with Gasteiger partial charge in [0.2, 0.25) is 0 Å². The molecule has 0 saturated carbocycles. The molecule has 2 aromatic rings. The molecule has 0 atom stereocenters. The molecule has 0 heterocycles. The summed E-state index contributed by atoms with van der Waals surface area (Å²) in [5.74, 6) is -0.843. The molecule has 2 rings (SSSR count). The molecule has 0 aliphatic heterocycles. The van der Waals surface area contributed by atoms with E-state index >= 15 is 0 Å². The fourth-order valence-corrected chi connectivity index (χ4v) is 2.39. The SMILES string of the molecule is O=C(NCCO)/C(=C\c1cccc(Br)c1)NC(=O)c1ccccc1. The number of carbonyl (C=O) groups is 2. The lowest BCUT2D eigenvalue weighted by atomic mass is 10.1. The standard InChI is InChI=1S/C18H17BrN2O3/c19-15-8-4-5-13(11-15)12-16(18(24)20-9-10-22)21-17(23)14-6-2-1-3-7-14/h1-8,11-12,22H,9-10H2,(H,20,24)(H,21,23)/b16-12+. The van der Waals surface area contributed by atoms with E-state index in [9.17, 15) is 9.59 Å². The average molecular weight is 389 g/mol. The van der Waals surface area contributed by atoms with Gasteiger partial charge in [-0.05, 0) is 35.9 Å². The maximum Gasteiger partial charge on any atom is 0.267 e. The van der Waals surface area contributed by atoms with Gasteiger partial charge in [0.15, 0.2) is 0 Å². The summed E-state index contributed by atoms with van der Waals surface area (Å²) in [6, 6.07) is 16.0. The first-order valence-electron chi connectivity index (χ1n) is 7.33. The van der Waals surface area contributed by atoms with Crippen molar-refractivity contribution < 1.29 is 14.7 Å². The highest BCUT2D eigenvalue weighted by atomic mass is 79.9. The van der Waals surface area contributed by atoms with Crippen molar-refractivity contribution in [1.82, 2.24) is 10.6 Å². The maximum atomic E-state index is 12.3. The quantitative estimate of drug-likeness (QED) is 0.664. The number of aliphatic hydroxyl groups is 1. The molecule has 0 saturated heterocycles. The highest BCUT2D eigenvalue weighted by Crippen LogP contribution is 2.14. The highest BCUT2D eigenvalue weighted by Gasteiger charge is 2.14. The molecule has 0 unspecified atom stereocenters. The van der Waals surface area contributed by atoms with Gasteiger partial charge in [0.1, 0.15) is 5.70 Å². The topological polar surface area (TPSA) is 78.4 Å². The number of hydrogen-bond donors (Lipinski definition) is 3. The van der Waals surface area contributed by atoms with Crippen molar-refractivity contribution in [3.05, 3.63) is 75.9 Å². The van der Waals surface area contributed by atoms with Gasteiger partial charge in [0.05, 0.1) is 6.61 Å². The molecule has 2 aromatic carbocycles. The first kappa shape index (κ1) is 17.9. The first-order valence-corrected chi connectivity index (χ1v) is 8.12. The molecular weight excluding hydrogens is 372 g/mol. The van der Waals surface area contributed by atoms with Gasteiger partial charge >= 0.3 is 0 Å². The van der Waals surface area contributed by atoms with Crippen LogP contribution in [-0.4, -0.2) is 30.1 Å². The van der Waals surface area contributed by atoms with Crippen molar-refractivity contribution in [3.63, 3.8) is 0 Å². The minimum atomic E-state index is -0.465. The summed E-state index contributed by atoms with van der Waals surface area (Å²) >= 11 is 3.37. The molecule has 0 aliphatic carbocycles. The Labute approximate surface area is 148 Å². The summed E-state index contributed by atoms with van der Waals surface area (Å²) in [6.07, 6.45) is 1.58. The van der Waals surface area contributed by atoms with Crippen LogP contribution in [0.25, 0.3) is 6.08 Å². The number of hydrogen-bond acceptors (Lipinski definition) is 3. The fourth-order valence-electron chi connectivity index (χ4n) is 1.97. The molecule has 0 radical (unpaired) electrons. The van der Waals surface area contributed by atoms with Crippen LogP contribution in [0.5, 0.6) is 0 Å². The van der Waals surface area contributed by atoms with Crippen molar-refractivity contribution in [2.24, 2.45) is 0 Å². The van der Waals surface area contributed by atoms with E-state index in [0.717, 1.165) is 10.0 Å². The van der Waals surface area contributed by atoms with Gasteiger partial charge in [-0.15, -0.1) is 0 Å². The zero-order valence-electron chi connectivity index (χ0n) is 12.8. The lowest BCUT2D eigenvalue weighted by Crippen LogP contribution is -2.36. The average Bonchev–Trinajstić information content (AvgIpc) is 2.59. The van der Waals surface area contributed by atoms with Crippen molar-refractivity contribution in [1.29, 1.82) is 0 Å². The Bertz CT molecular complexity index is 745. The summed E-state index contributed by atoms with van der Waals surface area (Å²) in [7, 11) is 0. The number of aliphatic hydroxyl groups excluding tert-OH is 1. The van der Waals surface area contributed by atoms with Crippen LogP contribution < -0.4 is 10.6 Å². The Kier molecular flexibility index (Phi) is 6.72. The Morgan fingerprint density at radius 2 is 1.83 bits per heavy atom. The van der Waals surface area contributed by atoms with E-state index < -0.39 is 5.91 Å². The van der Waals surface area contributed by atoms with Crippen LogP contribution in [0.4, 0.5) is 0 Å². The zero-order chi connectivity index (χ0) is 17.4. The van der Waals surface area contributed by atoms with Crippen LogP contribution in [0.1, 0.15) is 15.9 Å². The lowest BCUT2D eigenvalue weighted by molar-refractivity contribution is -0.117. The second-order valence-corrected chi connectivity index (χ2v) is 5.83. The van der Waals surface area contributed by atoms with Gasteiger partial charge in [-0.3, -0.25) is 9.59 Å². The molecule has 0 aromatic heterocycles. The Hall–Kier alpha value is -2.44. The van der Waals surface area contributed by atoms with Gasteiger partial charge in [0.25, 0.3) is 11.8 Å². The van der Waals surface area contributed by atoms with Crippen LogP contribution in [0, 0.1) is 0 Å². The van der Waals surface area contributed by atoms with Gasteiger partial charge in [-0.1, -0.05) is 46.3 Å². The molecule has 0 aliphatic rings. The maximum absolute atomic E-state index is 12.3. The van der Waals surface area contributed by atoms with E-state index in [2.05, 4.69) is 26.6 Å². The molecule has 6 heteroatoms. The molecule has 3 N–H and O–H groups in total. The van der Waals surface area contributed by atoms with E-state index in [1.165, 1.54) is 0 Å². The number of amides is 2. The summed E-state index contributed by atoms with van der Waals surface area (Å²) < 4.78 is 0.862. The number of rotatable bonds is 6. The summed E-state index contributed by atoms with van der Waals surface area (Å²) in [5.41, 5.74) is 1.31. The molecule has 24 heavy (non-hydrogen) atoms. The van der Waals surface area contributed by atoms with Crippen molar-refractivity contribution in [3.8, 4) is 0 Å². The molecule has 2 amide bonds. The van der Waals surface area contributed by atoms with E-state index in [1.807, 2.05) is 30.3 Å². The van der Waals surface area contributed by atoms with Crippen molar-refractivity contribution in [2.75, 3.05) is 13.2 Å². The second-order valence-electron chi connectivity index (χ2n) is 4.91. The molecule has 0 spiro atoms. The lowest BCUT2D eigenvalue weighted by Gasteiger charge is -2.10. The molecule has 0 bridgehead atoms. The second kappa shape index (κ2) is 9.00. The van der Waals surface area contributed by atoms with Crippen LogP contribution in [-0.2, 0) is 4.79 Å². The molecule has 0 fully saturated rings. The minimum Gasteiger partial charge on any atom is -0.395 e. The van der Waals surface area contributed by atoms with Gasteiger partial charge in [-0.2, -0.15) is 0 Å². The molecule has 124 valence electrons. The van der Waals surface area contributed by atoms with Crippen molar-refractivity contribution in [2.45, 2.75) is 0 Å². The Morgan fingerprint density at radius 3 is 2.50 bits per heavy atom. The largest absolute Gasteiger partial charge is 0.395 e. The first-order chi connectivity index (χ1) is 11.6. The van der Waals surface area contributed by atoms with E-state index in [0.29, 0.717) is 5.56 Å². The van der Waals surface area contributed by atoms with E-state index in [1.54, 1.807) is 30.3 Å². The number of benzene rings is 2. The fraction of sp³-hybridized carbons (Fsp3) is 0.111. The monoisotopic (exact) mass is 388 g/mol. The molecular formula is C18H17BrN2O3. The smallest absolute Gasteiger partial charge is 0.267 e. The van der Waals surface area contributed by atoms with Gasteiger partial charge in [-0.25, -0.2) is 0 Å². The number of halogens is 1. The zero-order valence-corrected chi connectivity index (χ0v) is 14.4. The predicted octanol–water partition coefficient (Wildman–Crippen LogP) is 2.33. The number of carbonyl (C=O) groups excluding carboxylic acids is 2. The van der Waals surface area contributed by atoms with Crippen LogP contribution in [0.2, 0.25) is 0 Å². The predicted molar refractivity (Wildman–Crippen MR) is 96.1 cm³/mol. The van der Waals surface area contributed by atoms with Crippen molar-refractivity contribution >= 4 is 33.8 Å². The van der Waals surface area contributed by atoms with Gasteiger partial charge < -0.3 is 15.7 Å². The Balaban J connectivity index is 2.25. The third-order valence-corrected chi connectivity index (χ3v) is 3.58. The Morgan fingerprint density at radius 1 is 1.08 bits per heavy atom. The summed E-state index contributed by atoms with van der Waals surface area (Å²) in [4.78, 5) is 24.5. The van der Waals surface area contributed by atoms with Crippen LogP contribution >= 0.6 is 15.9 Å². The summed E-state index contributed by atoms with van der Waals surface area (Å²) in [5, 5.41) is 14.0. The third kappa shape index (κ3) is 5.33. The minimum absolute atomic E-state index is 0.107. The van der Waals surface area contributed by atoms with Crippen LogP contribution in [0.3, 0.4) is 0 Å². The van der Waals surface area contributed by atoms with Crippen LogP contribution in [0.15, 0.2) is 64.8 Å².